The van der Waals surface area contributed by atoms with Gasteiger partial charge in [0.15, 0.2) is 0 Å². The highest BCUT2D eigenvalue weighted by atomic mass is 35.5. The van der Waals surface area contributed by atoms with Gasteiger partial charge < -0.3 is 14.6 Å². The van der Waals surface area contributed by atoms with Crippen LogP contribution in [0.1, 0.15) is 52.0 Å². The number of fused-ring (bicyclic) bond motifs is 1. The van der Waals surface area contributed by atoms with E-state index in [1.165, 1.54) is 0 Å². The molecule has 3 aromatic rings. The Hall–Kier alpha value is -3.01. The quantitative estimate of drug-likeness (QED) is 0.498. The molecule has 2 aromatic carbocycles. The maximum absolute atomic E-state index is 13.2. The number of halogens is 2. The largest absolute Gasteiger partial charge is 0.481 e. The van der Waals surface area contributed by atoms with E-state index in [1.54, 1.807) is 17.0 Å². The number of rotatable bonds is 5. The maximum atomic E-state index is 13.2. The van der Waals surface area contributed by atoms with Gasteiger partial charge in [-0.05, 0) is 67.1 Å². The number of carbonyl (C=O) groups is 2. The molecular formula is C26H25Cl2N3O3. The summed E-state index contributed by atoms with van der Waals surface area (Å²) in [4.78, 5) is 25.9. The Kier molecular flexibility index (Phi) is 6.88. The van der Waals surface area contributed by atoms with E-state index in [0.717, 1.165) is 22.2 Å². The summed E-state index contributed by atoms with van der Waals surface area (Å²) in [6, 6.07) is 11.4. The zero-order valence-electron chi connectivity index (χ0n) is 19.1. The van der Waals surface area contributed by atoms with Crippen LogP contribution in [0, 0.1) is 24.2 Å². The Morgan fingerprint density at radius 2 is 1.88 bits per heavy atom. The Bertz CT molecular complexity index is 1330. The topological polar surface area (TPSA) is 86.3 Å². The van der Waals surface area contributed by atoms with Crippen LogP contribution >= 0.6 is 23.2 Å². The molecule has 6 nitrogen and oxygen atoms in total. The summed E-state index contributed by atoms with van der Waals surface area (Å²) < 4.78 is 2.05. The first kappa shape index (κ1) is 24.1. The smallest absolute Gasteiger partial charge is 0.303 e. The molecule has 0 aliphatic carbocycles. The van der Waals surface area contributed by atoms with Crippen LogP contribution in [0.15, 0.2) is 30.3 Å². The van der Waals surface area contributed by atoms with Gasteiger partial charge in [0.25, 0.3) is 5.91 Å². The fourth-order valence-electron chi connectivity index (χ4n) is 4.76. The molecule has 2 heterocycles. The van der Waals surface area contributed by atoms with Crippen molar-refractivity contribution in [2.45, 2.75) is 32.6 Å². The van der Waals surface area contributed by atoms with Crippen molar-refractivity contribution < 1.29 is 14.7 Å². The first-order valence-electron chi connectivity index (χ1n) is 11.2. The lowest BCUT2D eigenvalue weighted by molar-refractivity contribution is -0.138. The van der Waals surface area contributed by atoms with Crippen molar-refractivity contribution in [2.75, 3.05) is 13.1 Å². The van der Waals surface area contributed by atoms with Gasteiger partial charge in [0.1, 0.15) is 0 Å². The van der Waals surface area contributed by atoms with E-state index in [-0.39, 0.29) is 18.2 Å². The molecule has 0 unspecified atom stereocenters. The number of benzene rings is 2. The third kappa shape index (κ3) is 4.51. The standard InChI is InChI=1S/C26H25Cl2N3O3/c1-15-17(14-29)3-6-23-20(15)12-18(30(23)2)13-21-22(27)5-4-19(25(21)28)26(34)31-9-7-16(8-10-31)11-24(32)33/h3-6,12,16H,7-11,13H2,1-2H3,(H,32,33). The number of carbonyl (C=O) groups excluding carboxylic acids is 1. The van der Waals surface area contributed by atoms with Gasteiger partial charge >= 0.3 is 5.97 Å². The summed E-state index contributed by atoms with van der Waals surface area (Å²) in [5, 5.41) is 20.2. The first-order chi connectivity index (χ1) is 16.2. The summed E-state index contributed by atoms with van der Waals surface area (Å²) in [5.74, 6) is -0.875. The zero-order chi connectivity index (χ0) is 24.6. The molecular weight excluding hydrogens is 473 g/mol. The number of hydrogen-bond acceptors (Lipinski definition) is 3. The maximum Gasteiger partial charge on any atom is 0.303 e. The number of carboxylic acid groups (broad SMARTS) is 1. The minimum Gasteiger partial charge on any atom is -0.481 e. The summed E-state index contributed by atoms with van der Waals surface area (Å²) in [6.45, 7) is 2.95. The molecule has 1 saturated heterocycles. The van der Waals surface area contributed by atoms with Gasteiger partial charge in [-0.1, -0.05) is 23.2 Å². The van der Waals surface area contributed by atoms with Crippen molar-refractivity contribution in [1.29, 1.82) is 5.26 Å². The van der Waals surface area contributed by atoms with E-state index in [0.29, 0.717) is 59.1 Å². The molecule has 176 valence electrons. The van der Waals surface area contributed by atoms with Crippen LogP contribution in [0.4, 0.5) is 0 Å². The van der Waals surface area contributed by atoms with Crippen molar-refractivity contribution >= 4 is 46.0 Å². The summed E-state index contributed by atoms with van der Waals surface area (Å²) in [5.41, 5.74) is 4.62. The molecule has 1 aliphatic rings. The third-order valence-corrected chi connectivity index (χ3v) is 7.64. The number of nitriles is 1. The molecule has 1 amide bonds. The van der Waals surface area contributed by atoms with E-state index in [4.69, 9.17) is 28.3 Å². The SMILES string of the molecule is Cc1c(C#N)ccc2c1cc(Cc1c(Cl)ccc(C(=O)N3CCC(CC(=O)O)CC3)c1Cl)n2C. The molecule has 34 heavy (non-hydrogen) atoms. The lowest BCUT2D eigenvalue weighted by Crippen LogP contribution is -2.39. The van der Waals surface area contributed by atoms with Gasteiger partial charge in [-0.25, -0.2) is 0 Å². The number of hydrogen-bond donors (Lipinski definition) is 1. The Labute approximate surface area is 208 Å². The molecule has 1 aliphatic heterocycles. The average molecular weight is 498 g/mol. The van der Waals surface area contributed by atoms with E-state index < -0.39 is 5.97 Å². The second-order valence-electron chi connectivity index (χ2n) is 8.88. The van der Waals surface area contributed by atoms with Crippen molar-refractivity contribution in [1.82, 2.24) is 9.47 Å². The molecule has 1 fully saturated rings. The summed E-state index contributed by atoms with van der Waals surface area (Å²) >= 11 is 13.3. The van der Waals surface area contributed by atoms with E-state index in [9.17, 15) is 14.9 Å². The van der Waals surface area contributed by atoms with E-state index >= 15 is 0 Å². The van der Waals surface area contributed by atoms with Crippen molar-refractivity contribution in [3.05, 3.63) is 68.3 Å². The lowest BCUT2D eigenvalue weighted by Gasteiger charge is -2.31. The second-order valence-corrected chi connectivity index (χ2v) is 9.66. The number of aromatic nitrogens is 1. The van der Waals surface area contributed by atoms with Crippen LogP contribution < -0.4 is 0 Å². The molecule has 0 bridgehead atoms. The molecule has 0 atom stereocenters. The van der Waals surface area contributed by atoms with Crippen LogP contribution in [0.3, 0.4) is 0 Å². The van der Waals surface area contributed by atoms with E-state index in [2.05, 4.69) is 10.6 Å². The highest BCUT2D eigenvalue weighted by Gasteiger charge is 2.27. The van der Waals surface area contributed by atoms with Gasteiger partial charge in [-0.3, -0.25) is 9.59 Å². The highest BCUT2D eigenvalue weighted by Crippen LogP contribution is 2.34. The fourth-order valence-corrected chi connectivity index (χ4v) is 5.35. The van der Waals surface area contributed by atoms with E-state index in [1.807, 2.05) is 32.2 Å². The van der Waals surface area contributed by atoms with Gasteiger partial charge in [0.2, 0.25) is 0 Å². The lowest BCUT2D eigenvalue weighted by atomic mass is 9.93. The monoisotopic (exact) mass is 497 g/mol. The molecule has 0 spiro atoms. The number of aryl methyl sites for hydroxylation is 2. The number of carboxylic acids is 1. The molecule has 1 aromatic heterocycles. The van der Waals surface area contributed by atoms with Crippen LogP contribution in [0.2, 0.25) is 10.0 Å². The number of aliphatic carboxylic acids is 1. The summed E-state index contributed by atoms with van der Waals surface area (Å²) in [6.07, 6.45) is 1.90. The predicted octanol–water partition coefficient (Wildman–Crippen LogP) is 5.58. The van der Waals surface area contributed by atoms with Crippen LogP contribution in [0.25, 0.3) is 10.9 Å². The average Bonchev–Trinajstić information content (AvgIpc) is 3.13. The van der Waals surface area contributed by atoms with Crippen LogP contribution in [0.5, 0.6) is 0 Å². The zero-order valence-corrected chi connectivity index (χ0v) is 20.6. The third-order valence-electron chi connectivity index (χ3n) is 6.85. The number of nitrogens with zero attached hydrogens (tertiary/aromatic N) is 3. The second kappa shape index (κ2) is 9.69. The number of likely N-dealkylation sites (tertiary alicyclic amines) is 1. The number of amides is 1. The Morgan fingerprint density at radius 1 is 1.18 bits per heavy atom. The minimum atomic E-state index is -0.803. The predicted molar refractivity (Wildman–Crippen MR) is 133 cm³/mol. The van der Waals surface area contributed by atoms with Gasteiger partial charge in [0.05, 0.1) is 22.2 Å². The van der Waals surface area contributed by atoms with Crippen molar-refractivity contribution in [2.24, 2.45) is 13.0 Å². The molecule has 1 N–H and O–H groups in total. The molecule has 0 saturated carbocycles. The summed E-state index contributed by atoms with van der Waals surface area (Å²) in [7, 11) is 1.96. The Morgan fingerprint density at radius 3 is 2.53 bits per heavy atom. The van der Waals surface area contributed by atoms with Gasteiger partial charge in [-0.15, -0.1) is 0 Å². The molecule has 8 heteroatoms. The minimum absolute atomic E-state index is 0.0919. The fraction of sp³-hybridized carbons (Fsp3) is 0.346. The van der Waals surface area contributed by atoms with Crippen LogP contribution in [-0.2, 0) is 18.3 Å². The van der Waals surface area contributed by atoms with Gasteiger partial charge in [-0.2, -0.15) is 5.26 Å². The molecule has 0 radical (unpaired) electrons. The normalized spacial score (nSPS) is 14.4. The van der Waals surface area contributed by atoms with Gasteiger partial charge in [0, 0.05) is 54.6 Å². The van der Waals surface area contributed by atoms with Crippen LogP contribution in [-0.4, -0.2) is 39.5 Å². The van der Waals surface area contributed by atoms with Crippen molar-refractivity contribution in [3.8, 4) is 6.07 Å². The highest BCUT2D eigenvalue weighted by molar-refractivity contribution is 6.38. The first-order valence-corrected chi connectivity index (χ1v) is 11.9. The molecule has 4 rings (SSSR count). The Balaban J connectivity index is 1.61. The number of piperidine rings is 1. The van der Waals surface area contributed by atoms with Crippen molar-refractivity contribution in [3.63, 3.8) is 0 Å².